The number of H-pyrrole nitrogens is 1. The third kappa shape index (κ3) is 3.89. The van der Waals surface area contributed by atoms with Crippen LogP contribution in [0.15, 0.2) is 66.1 Å². The number of aromatic nitrogens is 1. The van der Waals surface area contributed by atoms with Crippen LogP contribution < -0.4 is 0 Å². The molecule has 1 aliphatic carbocycles. The largest absolute Gasteiger partial charge is 0.493 e. The summed E-state index contributed by atoms with van der Waals surface area (Å²) in [6.07, 6.45) is 2.06. The molecule has 0 amide bonds. The van der Waals surface area contributed by atoms with Crippen molar-refractivity contribution in [2.24, 2.45) is 0 Å². The van der Waals surface area contributed by atoms with E-state index in [4.69, 9.17) is 4.74 Å². The molecule has 4 rings (SSSR count). The average molecular weight is 502 g/mol. The molecule has 0 spiro atoms. The van der Waals surface area contributed by atoms with Gasteiger partial charge in [-0.05, 0) is 48.7 Å². The predicted molar refractivity (Wildman–Crippen MR) is 154 cm³/mol. The van der Waals surface area contributed by atoms with Crippen molar-refractivity contribution in [1.29, 1.82) is 0 Å². The zero-order chi connectivity index (χ0) is 26.4. The van der Waals surface area contributed by atoms with E-state index in [1.807, 2.05) is 0 Å². The van der Waals surface area contributed by atoms with Gasteiger partial charge in [-0.15, -0.1) is 0 Å². The van der Waals surface area contributed by atoms with Crippen molar-refractivity contribution in [3.63, 3.8) is 0 Å². The fourth-order valence-corrected chi connectivity index (χ4v) is 13.7. The van der Waals surface area contributed by atoms with Crippen molar-refractivity contribution in [1.82, 2.24) is 4.98 Å². The van der Waals surface area contributed by atoms with Crippen LogP contribution in [0.2, 0.25) is 22.7 Å². The standard InChI is InChI=1S/C32H43NO2Si/c1-20(2)36(21(3)4,22(5)6)19-26-29(24-13-11-10-12-14-24)32(8,31(34)30(26)35-9)27-18-33-28-16-15-23(7)17-25(27)28/h10-18,20-22,29,33H,19H2,1-9H3/t29-,32+/m1/s1. The molecule has 0 radical (unpaired) electrons. The number of ketones is 1. The highest BCUT2D eigenvalue weighted by molar-refractivity contribution is 6.84. The number of nitrogens with one attached hydrogen (secondary N) is 1. The molecule has 0 fully saturated rings. The molecule has 0 saturated carbocycles. The number of ether oxygens (including phenoxy) is 1. The first kappa shape index (κ1) is 26.5. The van der Waals surface area contributed by atoms with Gasteiger partial charge in [-0.1, -0.05) is 100 Å². The van der Waals surface area contributed by atoms with E-state index in [1.165, 1.54) is 16.7 Å². The van der Waals surface area contributed by atoms with Gasteiger partial charge >= 0.3 is 0 Å². The molecular formula is C32H43NO2Si. The second-order valence-corrected chi connectivity index (χ2v) is 18.0. The Bertz CT molecular complexity index is 1260. The summed E-state index contributed by atoms with van der Waals surface area (Å²) >= 11 is 0. The summed E-state index contributed by atoms with van der Waals surface area (Å²) in [5.41, 5.74) is 6.76. The minimum absolute atomic E-state index is 0.0659. The summed E-state index contributed by atoms with van der Waals surface area (Å²) in [5, 5.41) is 1.13. The van der Waals surface area contributed by atoms with E-state index in [0.717, 1.165) is 22.5 Å². The lowest BCUT2D eigenvalue weighted by atomic mass is 9.68. The fraction of sp³-hybridized carbons (Fsp3) is 0.469. The number of aryl methyl sites for hydroxylation is 1. The minimum Gasteiger partial charge on any atom is -0.493 e. The normalized spacial score (nSPS) is 21.0. The Morgan fingerprint density at radius 2 is 1.58 bits per heavy atom. The molecule has 0 bridgehead atoms. The summed E-state index contributed by atoms with van der Waals surface area (Å²) in [7, 11) is -0.179. The number of Topliss-reactive ketones (excluding diaryl/α,β-unsaturated/α-hetero) is 1. The Morgan fingerprint density at radius 3 is 2.14 bits per heavy atom. The van der Waals surface area contributed by atoms with E-state index in [0.29, 0.717) is 22.4 Å². The molecule has 1 aliphatic rings. The highest BCUT2D eigenvalue weighted by Gasteiger charge is 2.57. The molecule has 0 saturated heterocycles. The number of fused-ring (bicyclic) bond motifs is 1. The Balaban J connectivity index is 2.01. The highest BCUT2D eigenvalue weighted by Crippen LogP contribution is 2.58. The van der Waals surface area contributed by atoms with E-state index in [9.17, 15) is 4.79 Å². The van der Waals surface area contributed by atoms with Crippen molar-refractivity contribution >= 4 is 24.8 Å². The molecule has 0 unspecified atom stereocenters. The molecule has 36 heavy (non-hydrogen) atoms. The highest BCUT2D eigenvalue weighted by atomic mass is 28.3. The van der Waals surface area contributed by atoms with Gasteiger partial charge in [-0.2, -0.15) is 0 Å². The maximum absolute atomic E-state index is 14.5. The van der Waals surface area contributed by atoms with Crippen LogP contribution in [-0.4, -0.2) is 26.0 Å². The van der Waals surface area contributed by atoms with Crippen LogP contribution in [0.4, 0.5) is 0 Å². The van der Waals surface area contributed by atoms with Crippen LogP contribution in [0.5, 0.6) is 0 Å². The number of methoxy groups -OCH3 is 1. The van der Waals surface area contributed by atoms with Crippen LogP contribution >= 0.6 is 0 Å². The SMILES string of the molecule is COC1=C(C[Si](C(C)C)(C(C)C)C(C)C)[C@@H](c2ccccc2)[C@](C)(c2c[nH]c3ccc(C)cc23)C1=O. The van der Waals surface area contributed by atoms with Gasteiger partial charge in [0.05, 0.1) is 20.6 Å². The molecule has 0 aliphatic heterocycles. The van der Waals surface area contributed by atoms with Crippen LogP contribution in [0.1, 0.15) is 71.1 Å². The number of allylic oxidation sites excluding steroid dienone is 2. The third-order valence-corrected chi connectivity index (χ3v) is 16.8. The molecule has 1 aromatic heterocycles. The zero-order valence-corrected chi connectivity index (χ0v) is 24.5. The number of rotatable bonds is 8. The third-order valence-electron chi connectivity index (χ3n) is 9.35. The van der Waals surface area contributed by atoms with Gasteiger partial charge < -0.3 is 9.72 Å². The molecule has 3 nitrogen and oxygen atoms in total. The fourth-order valence-electron chi connectivity index (χ4n) is 7.46. The number of hydrogen-bond donors (Lipinski definition) is 1. The summed E-state index contributed by atoms with van der Waals surface area (Å²) in [4.78, 5) is 18.0. The predicted octanol–water partition coefficient (Wildman–Crippen LogP) is 8.68. The zero-order valence-electron chi connectivity index (χ0n) is 23.5. The molecule has 192 valence electrons. The minimum atomic E-state index is -1.86. The molecule has 3 aromatic rings. The second kappa shape index (κ2) is 9.70. The maximum atomic E-state index is 14.5. The molecular weight excluding hydrogens is 458 g/mol. The maximum Gasteiger partial charge on any atom is 0.208 e. The number of benzene rings is 2. The topological polar surface area (TPSA) is 42.1 Å². The van der Waals surface area contributed by atoms with Gasteiger partial charge in [0, 0.05) is 23.0 Å². The van der Waals surface area contributed by atoms with Gasteiger partial charge in [-0.25, -0.2) is 0 Å². The smallest absolute Gasteiger partial charge is 0.208 e. The first-order chi connectivity index (χ1) is 17.0. The lowest BCUT2D eigenvalue weighted by molar-refractivity contribution is -0.122. The number of carbonyl (C=O) groups is 1. The summed E-state index contributed by atoms with van der Waals surface area (Å²) in [5.74, 6) is 0.631. The van der Waals surface area contributed by atoms with Crippen molar-refractivity contribution in [2.45, 2.75) is 89.4 Å². The van der Waals surface area contributed by atoms with Crippen LogP contribution in [-0.2, 0) is 14.9 Å². The van der Waals surface area contributed by atoms with Crippen LogP contribution in [0.3, 0.4) is 0 Å². The number of aromatic amines is 1. The van der Waals surface area contributed by atoms with Crippen molar-refractivity contribution in [2.75, 3.05) is 7.11 Å². The Hall–Kier alpha value is -2.59. The van der Waals surface area contributed by atoms with Crippen molar-refractivity contribution < 1.29 is 9.53 Å². The van der Waals surface area contributed by atoms with Crippen LogP contribution in [0, 0.1) is 6.92 Å². The van der Waals surface area contributed by atoms with Crippen molar-refractivity contribution in [3.05, 3.63) is 82.8 Å². The quantitative estimate of drug-likeness (QED) is 0.314. The van der Waals surface area contributed by atoms with E-state index in [2.05, 4.69) is 115 Å². The number of hydrogen-bond acceptors (Lipinski definition) is 2. The summed E-state index contributed by atoms with van der Waals surface area (Å²) in [6.45, 7) is 18.6. The van der Waals surface area contributed by atoms with Gasteiger partial charge in [-0.3, -0.25) is 4.79 Å². The van der Waals surface area contributed by atoms with E-state index in [1.54, 1.807) is 7.11 Å². The van der Waals surface area contributed by atoms with E-state index in [-0.39, 0.29) is 11.7 Å². The Labute approximate surface area is 218 Å². The monoisotopic (exact) mass is 501 g/mol. The molecule has 2 atom stereocenters. The van der Waals surface area contributed by atoms with Crippen molar-refractivity contribution in [3.8, 4) is 0 Å². The van der Waals surface area contributed by atoms with Crippen LogP contribution in [0.25, 0.3) is 10.9 Å². The molecule has 1 heterocycles. The van der Waals surface area contributed by atoms with Gasteiger partial charge in [0.25, 0.3) is 0 Å². The van der Waals surface area contributed by atoms with Gasteiger partial charge in [0.15, 0.2) is 5.76 Å². The molecule has 4 heteroatoms. The average Bonchev–Trinajstić information content (AvgIpc) is 3.34. The second-order valence-electron chi connectivity index (χ2n) is 11.9. The summed E-state index contributed by atoms with van der Waals surface area (Å²) < 4.78 is 6.04. The van der Waals surface area contributed by atoms with Gasteiger partial charge in [0.1, 0.15) is 0 Å². The Morgan fingerprint density at radius 1 is 0.972 bits per heavy atom. The van der Waals surface area contributed by atoms with E-state index >= 15 is 0 Å². The molecule has 1 N–H and O–H groups in total. The molecule has 2 aromatic carbocycles. The lowest BCUT2D eigenvalue weighted by Gasteiger charge is -2.45. The lowest BCUT2D eigenvalue weighted by Crippen LogP contribution is -2.45. The Kier molecular flexibility index (Phi) is 7.13. The first-order valence-corrected chi connectivity index (χ1v) is 15.9. The van der Waals surface area contributed by atoms with E-state index < -0.39 is 13.5 Å². The van der Waals surface area contributed by atoms with Gasteiger partial charge in [0.2, 0.25) is 5.78 Å². The summed E-state index contributed by atoms with van der Waals surface area (Å²) in [6, 6.07) is 18.1. The number of carbonyl (C=O) groups excluding carboxylic acids is 1. The first-order valence-electron chi connectivity index (χ1n) is 13.4.